The van der Waals surface area contributed by atoms with E-state index in [9.17, 15) is 22.7 Å². The predicted octanol–water partition coefficient (Wildman–Crippen LogP) is 3.26. The molecule has 1 aromatic carbocycles. The lowest BCUT2D eigenvalue weighted by Gasteiger charge is -2.20. The zero-order valence-corrected chi connectivity index (χ0v) is 9.18. The molecule has 1 saturated carbocycles. The van der Waals surface area contributed by atoms with Crippen LogP contribution in [0.25, 0.3) is 0 Å². The van der Waals surface area contributed by atoms with E-state index in [2.05, 4.69) is 0 Å². The summed E-state index contributed by atoms with van der Waals surface area (Å²) >= 11 is 0. The van der Waals surface area contributed by atoms with E-state index in [-0.39, 0.29) is 0 Å². The summed E-state index contributed by atoms with van der Waals surface area (Å²) in [5, 5.41) is 9.58. The Bertz CT molecular complexity index is 433. The Balaban J connectivity index is 2.46. The molecule has 0 spiro atoms. The Kier molecular flexibility index (Phi) is 2.69. The summed E-state index contributed by atoms with van der Waals surface area (Å²) in [6.07, 6.45) is -4.16. The fraction of sp³-hybridized carbons (Fsp3) is 0.500. The first-order valence-corrected chi connectivity index (χ1v) is 5.33. The number of benzene rings is 1. The smallest absolute Gasteiger partial charge is 0.392 e. The van der Waals surface area contributed by atoms with Crippen molar-refractivity contribution in [3.63, 3.8) is 0 Å². The monoisotopic (exact) mass is 248 g/mol. The van der Waals surface area contributed by atoms with Gasteiger partial charge in [-0.15, -0.1) is 0 Å². The molecule has 1 aromatic rings. The molecule has 0 bridgehead atoms. The van der Waals surface area contributed by atoms with E-state index in [4.69, 9.17) is 0 Å². The van der Waals surface area contributed by atoms with Crippen LogP contribution in [-0.2, 0) is 11.6 Å². The minimum atomic E-state index is -4.70. The predicted molar refractivity (Wildman–Crippen MR) is 54.0 cm³/mol. The lowest BCUT2D eigenvalue weighted by atomic mass is 9.89. The van der Waals surface area contributed by atoms with Crippen LogP contribution >= 0.6 is 0 Å². The summed E-state index contributed by atoms with van der Waals surface area (Å²) in [7, 11) is 0. The van der Waals surface area contributed by atoms with Gasteiger partial charge in [0, 0.05) is 5.41 Å². The molecule has 1 atom stereocenters. The number of aliphatic hydroxyl groups excluding tert-OH is 1. The second-order valence-electron chi connectivity index (χ2n) is 4.52. The van der Waals surface area contributed by atoms with Gasteiger partial charge < -0.3 is 5.11 Å². The first kappa shape index (κ1) is 12.4. The first-order chi connectivity index (χ1) is 7.77. The van der Waals surface area contributed by atoms with E-state index >= 15 is 0 Å². The van der Waals surface area contributed by atoms with Crippen molar-refractivity contribution in [3.05, 3.63) is 35.1 Å². The Hall–Kier alpha value is -1.10. The summed E-state index contributed by atoms with van der Waals surface area (Å²) in [5.74, 6) is -1.28. The van der Waals surface area contributed by atoms with Gasteiger partial charge in [-0.05, 0) is 37.5 Å². The summed E-state index contributed by atoms with van der Waals surface area (Å²) < 4.78 is 50.7. The highest BCUT2D eigenvalue weighted by molar-refractivity contribution is 5.37. The lowest BCUT2D eigenvalue weighted by Crippen LogP contribution is -2.23. The SMILES string of the molecule is CC(O)C1(c2ccc(F)c(C(F)(F)F)c2)CC1. The van der Waals surface area contributed by atoms with Gasteiger partial charge in [0.25, 0.3) is 0 Å². The summed E-state index contributed by atoms with van der Waals surface area (Å²) in [4.78, 5) is 0. The van der Waals surface area contributed by atoms with E-state index in [0.717, 1.165) is 12.1 Å². The molecule has 2 rings (SSSR count). The van der Waals surface area contributed by atoms with Crippen molar-refractivity contribution in [3.8, 4) is 0 Å². The Morgan fingerprint density at radius 2 is 1.88 bits per heavy atom. The molecule has 0 amide bonds. The molecule has 94 valence electrons. The number of halogens is 4. The van der Waals surface area contributed by atoms with Crippen LogP contribution in [0.1, 0.15) is 30.9 Å². The molecule has 5 heteroatoms. The minimum Gasteiger partial charge on any atom is -0.392 e. The largest absolute Gasteiger partial charge is 0.419 e. The normalized spacial score (nSPS) is 20.1. The number of aliphatic hydroxyl groups is 1. The number of rotatable bonds is 2. The molecule has 0 saturated heterocycles. The van der Waals surface area contributed by atoms with Crippen LogP contribution in [0.5, 0.6) is 0 Å². The lowest BCUT2D eigenvalue weighted by molar-refractivity contribution is -0.140. The topological polar surface area (TPSA) is 20.2 Å². The molecule has 0 aliphatic heterocycles. The van der Waals surface area contributed by atoms with Crippen molar-refractivity contribution in [1.29, 1.82) is 0 Å². The third-order valence-corrected chi connectivity index (χ3v) is 3.44. The maximum Gasteiger partial charge on any atom is 0.419 e. The van der Waals surface area contributed by atoms with Gasteiger partial charge in [-0.25, -0.2) is 4.39 Å². The molecular weight excluding hydrogens is 236 g/mol. The Morgan fingerprint density at radius 1 is 1.29 bits per heavy atom. The van der Waals surface area contributed by atoms with Gasteiger partial charge in [-0.1, -0.05) is 6.07 Å². The third-order valence-electron chi connectivity index (χ3n) is 3.44. The van der Waals surface area contributed by atoms with Crippen molar-refractivity contribution < 1.29 is 22.7 Å². The van der Waals surface area contributed by atoms with E-state index < -0.39 is 29.1 Å². The number of hydrogen-bond acceptors (Lipinski definition) is 1. The summed E-state index contributed by atoms with van der Waals surface area (Å²) in [6.45, 7) is 1.55. The molecule has 1 N–H and O–H groups in total. The fourth-order valence-corrected chi connectivity index (χ4v) is 2.13. The second-order valence-corrected chi connectivity index (χ2v) is 4.52. The zero-order chi connectivity index (χ0) is 12.8. The quantitative estimate of drug-likeness (QED) is 0.796. The molecule has 1 unspecified atom stereocenters. The maximum atomic E-state index is 13.1. The van der Waals surface area contributed by atoms with Crippen molar-refractivity contribution in [2.75, 3.05) is 0 Å². The fourth-order valence-electron chi connectivity index (χ4n) is 2.13. The third kappa shape index (κ3) is 2.04. The molecule has 0 heterocycles. The molecule has 17 heavy (non-hydrogen) atoms. The van der Waals surface area contributed by atoms with E-state index in [1.807, 2.05) is 0 Å². The van der Waals surface area contributed by atoms with Crippen LogP contribution in [0.2, 0.25) is 0 Å². The van der Waals surface area contributed by atoms with Gasteiger partial charge in [0.15, 0.2) is 0 Å². The molecule has 1 aliphatic carbocycles. The van der Waals surface area contributed by atoms with Gasteiger partial charge in [0.2, 0.25) is 0 Å². The van der Waals surface area contributed by atoms with Crippen molar-refractivity contribution >= 4 is 0 Å². The van der Waals surface area contributed by atoms with Crippen LogP contribution < -0.4 is 0 Å². The molecule has 1 nitrogen and oxygen atoms in total. The van der Waals surface area contributed by atoms with Crippen molar-refractivity contribution in [2.24, 2.45) is 0 Å². The highest BCUT2D eigenvalue weighted by atomic mass is 19.4. The Labute approximate surface area is 96.1 Å². The van der Waals surface area contributed by atoms with E-state index in [0.29, 0.717) is 18.4 Å². The summed E-state index contributed by atoms with van der Waals surface area (Å²) in [6, 6.07) is 2.96. The van der Waals surface area contributed by atoms with Crippen LogP contribution in [-0.4, -0.2) is 11.2 Å². The van der Waals surface area contributed by atoms with E-state index in [1.54, 1.807) is 6.92 Å². The molecule has 1 fully saturated rings. The van der Waals surface area contributed by atoms with Gasteiger partial charge in [0.1, 0.15) is 5.82 Å². The van der Waals surface area contributed by atoms with Gasteiger partial charge in [-0.3, -0.25) is 0 Å². The minimum absolute atomic E-state index is 0.362. The standard InChI is InChI=1S/C12H12F4O/c1-7(17)11(4-5-11)8-2-3-10(13)9(6-8)12(14,15)16/h2-3,6-7,17H,4-5H2,1H3. The van der Waals surface area contributed by atoms with Gasteiger partial charge in [-0.2, -0.15) is 13.2 Å². The van der Waals surface area contributed by atoms with Gasteiger partial charge >= 0.3 is 6.18 Å². The Morgan fingerprint density at radius 3 is 2.29 bits per heavy atom. The van der Waals surface area contributed by atoms with Crippen molar-refractivity contribution in [2.45, 2.75) is 37.5 Å². The van der Waals surface area contributed by atoms with Crippen LogP contribution in [0.15, 0.2) is 18.2 Å². The highest BCUT2D eigenvalue weighted by Gasteiger charge is 2.49. The van der Waals surface area contributed by atoms with Crippen LogP contribution in [0.4, 0.5) is 17.6 Å². The van der Waals surface area contributed by atoms with Crippen LogP contribution in [0, 0.1) is 5.82 Å². The molecule has 0 radical (unpaired) electrons. The maximum absolute atomic E-state index is 13.1. The highest BCUT2D eigenvalue weighted by Crippen LogP contribution is 2.51. The molecule has 1 aliphatic rings. The first-order valence-electron chi connectivity index (χ1n) is 5.33. The van der Waals surface area contributed by atoms with Crippen molar-refractivity contribution in [1.82, 2.24) is 0 Å². The number of hydrogen-bond donors (Lipinski definition) is 1. The van der Waals surface area contributed by atoms with Crippen LogP contribution in [0.3, 0.4) is 0 Å². The van der Waals surface area contributed by atoms with E-state index in [1.165, 1.54) is 6.07 Å². The summed E-state index contributed by atoms with van der Waals surface area (Å²) in [5.41, 5.74) is -1.52. The second kappa shape index (κ2) is 3.70. The molecule has 0 aromatic heterocycles. The van der Waals surface area contributed by atoms with Gasteiger partial charge in [0.05, 0.1) is 11.7 Å². The molecular formula is C12H12F4O. The zero-order valence-electron chi connectivity index (χ0n) is 9.18. The average molecular weight is 248 g/mol. The number of alkyl halides is 3. The average Bonchev–Trinajstić information content (AvgIpc) is 2.97.